The fourth-order valence-electron chi connectivity index (χ4n) is 13.4. The summed E-state index contributed by atoms with van der Waals surface area (Å²) < 4.78 is 22.6. The SMILES string of the molecule is c1cc(-c2cccc3c2c2ccccc2n3-c2ccc3oc4ccccc4c3c2)c2oc(N(c3ccc4c(ccc5ccc(-c6ccc7ccc8c9ccccc9ccc8c7c6)cc54)c3)c3cccc4oc5ccccc5c34)cc2c1. The molecule has 0 radical (unpaired) electrons. The summed E-state index contributed by atoms with van der Waals surface area (Å²) >= 11 is 0. The van der Waals surface area contributed by atoms with Crippen LogP contribution in [0.5, 0.6) is 0 Å². The molecule has 0 spiro atoms. The van der Waals surface area contributed by atoms with Gasteiger partial charge in [0.1, 0.15) is 27.9 Å². The van der Waals surface area contributed by atoms with Crippen molar-refractivity contribution >= 4 is 148 Å². The van der Waals surface area contributed by atoms with Crippen molar-refractivity contribution in [3.05, 3.63) is 267 Å². The standard InChI is InChI=1S/C76H44N2O3/c1-2-14-54-45(12-1)32-37-57-56(54)36-33-47-27-30-49(42-64(47)57)48-29-26-46-28-31-50-40-52(34-38-55(50)63(46)41-48)78(68-22-11-25-72-75(68)62-17-5-8-24-70(62)80-72)73-43-51-13-9-19-60(76(51)81-73)59-18-10-21-67-74(59)61-16-3-6-20-66(61)77(67)53-35-39-71-65(44-53)58-15-4-7-23-69(58)79-71/h1-44H. The van der Waals surface area contributed by atoms with E-state index in [1.165, 1.54) is 65.0 Å². The summed E-state index contributed by atoms with van der Waals surface area (Å²) in [5.74, 6) is 0.699. The Bertz CT molecular complexity index is 5690. The van der Waals surface area contributed by atoms with Crippen LogP contribution in [0.25, 0.3) is 158 Å². The van der Waals surface area contributed by atoms with Gasteiger partial charge < -0.3 is 17.8 Å². The van der Waals surface area contributed by atoms with Gasteiger partial charge in [-0.2, -0.15) is 0 Å². The molecule has 0 amide bonds. The Morgan fingerprint density at radius 3 is 1.70 bits per heavy atom. The van der Waals surface area contributed by atoms with E-state index in [0.717, 1.165) is 105 Å². The maximum Gasteiger partial charge on any atom is 0.205 e. The van der Waals surface area contributed by atoms with Gasteiger partial charge in [0.15, 0.2) is 0 Å². The van der Waals surface area contributed by atoms with Gasteiger partial charge in [-0.05, 0) is 149 Å². The molecule has 0 saturated carbocycles. The van der Waals surface area contributed by atoms with E-state index in [4.69, 9.17) is 13.3 Å². The van der Waals surface area contributed by atoms with Crippen LogP contribution in [0, 0.1) is 0 Å². The van der Waals surface area contributed by atoms with Crippen LogP contribution >= 0.6 is 0 Å². The number of hydrogen-bond acceptors (Lipinski definition) is 4. The highest BCUT2D eigenvalue weighted by atomic mass is 16.4. The molecule has 0 aliphatic heterocycles. The van der Waals surface area contributed by atoms with Crippen molar-refractivity contribution in [3.63, 3.8) is 0 Å². The molecule has 0 fully saturated rings. The van der Waals surface area contributed by atoms with Gasteiger partial charge in [-0.25, -0.2) is 0 Å². The smallest absolute Gasteiger partial charge is 0.205 e. The molecule has 0 N–H and O–H groups in total. The minimum atomic E-state index is 0.699. The summed E-state index contributed by atoms with van der Waals surface area (Å²) in [5, 5.41) is 19.9. The largest absolute Gasteiger partial charge is 0.456 e. The van der Waals surface area contributed by atoms with E-state index >= 15 is 0 Å². The van der Waals surface area contributed by atoms with Gasteiger partial charge in [0.05, 0.1) is 22.1 Å². The lowest BCUT2D eigenvalue weighted by Gasteiger charge is -2.24. The monoisotopic (exact) mass is 1030 g/mol. The topological polar surface area (TPSA) is 47.6 Å². The van der Waals surface area contributed by atoms with Crippen LogP contribution in [0.15, 0.2) is 280 Å². The lowest BCUT2D eigenvalue weighted by Crippen LogP contribution is -2.09. The highest BCUT2D eigenvalue weighted by molar-refractivity contribution is 6.21. The van der Waals surface area contributed by atoms with Crippen LogP contribution in [-0.4, -0.2) is 4.57 Å². The quantitative estimate of drug-likeness (QED) is 0.156. The highest BCUT2D eigenvalue weighted by Gasteiger charge is 2.25. The minimum absolute atomic E-state index is 0.699. The number of hydrogen-bond donors (Lipinski definition) is 0. The number of anilines is 3. The number of aromatic nitrogens is 1. The second kappa shape index (κ2) is 16.8. The van der Waals surface area contributed by atoms with Gasteiger partial charge >= 0.3 is 0 Å². The number of para-hydroxylation sites is 4. The first kappa shape index (κ1) is 44.1. The fraction of sp³-hybridized carbons (Fsp3) is 0. The van der Waals surface area contributed by atoms with Crippen molar-refractivity contribution in [2.24, 2.45) is 0 Å². The fourth-order valence-corrected chi connectivity index (χ4v) is 13.4. The van der Waals surface area contributed by atoms with E-state index < -0.39 is 0 Å². The summed E-state index contributed by atoms with van der Waals surface area (Å²) in [7, 11) is 0. The Labute approximate surface area is 462 Å². The Kier molecular flexibility index (Phi) is 9.16. The molecule has 4 aromatic heterocycles. The Hall–Kier alpha value is -10.9. The van der Waals surface area contributed by atoms with Gasteiger partial charge in [-0.1, -0.05) is 182 Å². The van der Waals surface area contributed by atoms with E-state index in [-0.39, 0.29) is 0 Å². The molecule has 0 aliphatic rings. The van der Waals surface area contributed by atoms with E-state index in [1.54, 1.807) is 0 Å². The Balaban J connectivity index is 0.803. The zero-order valence-electron chi connectivity index (χ0n) is 43.5. The molecule has 0 aliphatic carbocycles. The summed E-state index contributed by atoms with van der Waals surface area (Å²) in [5.41, 5.74) is 14.0. The first-order chi connectivity index (χ1) is 40.1. The molecule has 0 atom stereocenters. The molecule has 5 heteroatoms. The molecule has 0 unspecified atom stereocenters. The minimum Gasteiger partial charge on any atom is -0.456 e. The number of benzene rings is 14. The second-order valence-electron chi connectivity index (χ2n) is 21.5. The normalized spacial score (nSPS) is 12.2. The van der Waals surface area contributed by atoms with Gasteiger partial charge in [0.2, 0.25) is 5.88 Å². The average Bonchev–Trinajstić information content (AvgIpc) is 4.52. The van der Waals surface area contributed by atoms with Crippen LogP contribution < -0.4 is 4.90 Å². The predicted octanol–water partition coefficient (Wildman–Crippen LogP) is 21.9. The van der Waals surface area contributed by atoms with Crippen molar-refractivity contribution in [2.75, 3.05) is 4.90 Å². The second-order valence-corrected chi connectivity index (χ2v) is 21.5. The Morgan fingerprint density at radius 2 is 0.852 bits per heavy atom. The molecule has 14 aromatic carbocycles. The van der Waals surface area contributed by atoms with Crippen molar-refractivity contribution in [3.8, 4) is 27.9 Å². The molecule has 81 heavy (non-hydrogen) atoms. The number of furan rings is 3. The van der Waals surface area contributed by atoms with E-state index in [2.05, 4.69) is 252 Å². The van der Waals surface area contributed by atoms with Crippen molar-refractivity contribution in [1.29, 1.82) is 0 Å². The highest BCUT2D eigenvalue weighted by Crippen LogP contribution is 2.48. The molecule has 18 aromatic rings. The summed E-state index contributed by atoms with van der Waals surface area (Å²) in [6.45, 7) is 0. The molecule has 4 heterocycles. The van der Waals surface area contributed by atoms with E-state index in [0.29, 0.717) is 5.88 Å². The molecular formula is C76H44N2O3. The maximum atomic E-state index is 7.40. The van der Waals surface area contributed by atoms with Crippen LogP contribution in [0.1, 0.15) is 0 Å². The van der Waals surface area contributed by atoms with Crippen LogP contribution in [0.4, 0.5) is 17.3 Å². The third kappa shape index (κ3) is 6.55. The molecule has 18 rings (SSSR count). The van der Waals surface area contributed by atoms with Crippen molar-refractivity contribution in [2.45, 2.75) is 0 Å². The van der Waals surface area contributed by atoms with Crippen molar-refractivity contribution < 1.29 is 13.3 Å². The van der Waals surface area contributed by atoms with Crippen LogP contribution in [0.3, 0.4) is 0 Å². The van der Waals surface area contributed by atoms with E-state index in [1.807, 2.05) is 24.3 Å². The third-order valence-electron chi connectivity index (χ3n) is 17.1. The van der Waals surface area contributed by atoms with Crippen LogP contribution in [-0.2, 0) is 0 Å². The lowest BCUT2D eigenvalue weighted by molar-refractivity contribution is 0.622. The van der Waals surface area contributed by atoms with Gasteiger partial charge in [-0.3, -0.25) is 4.90 Å². The molecule has 0 saturated heterocycles. The Morgan fingerprint density at radius 1 is 0.284 bits per heavy atom. The predicted molar refractivity (Wildman–Crippen MR) is 338 cm³/mol. The zero-order chi connectivity index (χ0) is 52.9. The molecule has 376 valence electrons. The van der Waals surface area contributed by atoms with Gasteiger partial charge in [0, 0.05) is 55.3 Å². The van der Waals surface area contributed by atoms with Crippen LogP contribution in [0.2, 0.25) is 0 Å². The summed E-state index contributed by atoms with van der Waals surface area (Å²) in [4.78, 5) is 2.28. The lowest BCUT2D eigenvalue weighted by atomic mass is 9.93. The molecular weight excluding hydrogens is 989 g/mol. The number of rotatable bonds is 6. The maximum absolute atomic E-state index is 7.40. The van der Waals surface area contributed by atoms with Gasteiger partial charge in [0.25, 0.3) is 0 Å². The number of nitrogens with zero attached hydrogens (tertiary/aromatic N) is 2. The first-order valence-corrected chi connectivity index (χ1v) is 27.6. The number of fused-ring (bicyclic) bond motifs is 18. The zero-order valence-corrected chi connectivity index (χ0v) is 43.5. The van der Waals surface area contributed by atoms with Gasteiger partial charge in [-0.15, -0.1) is 0 Å². The summed E-state index contributed by atoms with van der Waals surface area (Å²) in [6.07, 6.45) is 0. The molecule has 5 nitrogen and oxygen atoms in total. The molecule has 0 bridgehead atoms. The summed E-state index contributed by atoms with van der Waals surface area (Å²) in [6, 6.07) is 96.4. The third-order valence-corrected chi connectivity index (χ3v) is 17.1. The van der Waals surface area contributed by atoms with E-state index in [9.17, 15) is 0 Å². The first-order valence-electron chi connectivity index (χ1n) is 27.6. The average molecular weight is 1030 g/mol. The van der Waals surface area contributed by atoms with Crippen molar-refractivity contribution in [1.82, 2.24) is 4.57 Å².